The summed E-state index contributed by atoms with van der Waals surface area (Å²) in [5.74, 6) is -0.842. The first-order valence-corrected chi connectivity index (χ1v) is 12.3. The second-order valence-corrected chi connectivity index (χ2v) is 8.81. The minimum atomic E-state index is -1.61. The number of hydrogen-bond donors (Lipinski definition) is 4. The average molecular weight is 487 g/mol. The number of benzene rings is 1. The first kappa shape index (κ1) is 28.3. The van der Waals surface area contributed by atoms with Crippen LogP contribution in [0.25, 0.3) is 0 Å². The molecule has 0 bridgehead atoms. The Bertz CT molecular complexity index is 978. The first-order valence-electron chi connectivity index (χ1n) is 12.3. The number of Topliss-reactive ketones (excluding diaryl/α,β-unsaturated/α-hetero) is 2. The number of rotatable bonds is 16. The van der Waals surface area contributed by atoms with Gasteiger partial charge >= 0.3 is 0 Å². The van der Waals surface area contributed by atoms with Crippen molar-refractivity contribution in [1.82, 2.24) is 4.98 Å². The van der Waals surface area contributed by atoms with Crippen LogP contribution >= 0.6 is 0 Å². The number of carbonyl (C=O) groups is 2. The predicted octanol–water partition coefficient (Wildman–Crippen LogP) is 3.68. The van der Waals surface area contributed by atoms with E-state index in [-0.39, 0.29) is 43.3 Å². The summed E-state index contributed by atoms with van der Waals surface area (Å²) in [4.78, 5) is 28.7. The van der Waals surface area contributed by atoms with Crippen LogP contribution in [0.5, 0.6) is 11.5 Å². The number of nitrogens with two attached hydrogens (primary N) is 1. The average Bonchev–Trinajstić information content (AvgIpc) is 2.85. The fourth-order valence-corrected chi connectivity index (χ4v) is 4.19. The van der Waals surface area contributed by atoms with Crippen molar-refractivity contribution >= 4 is 17.4 Å². The number of phenols is 1. The second kappa shape index (κ2) is 14.4. The van der Waals surface area contributed by atoms with Gasteiger partial charge in [-0.15, -0.1) is 0 Å². The highest BCUT2D eigenvalue weighted by molar-refractivity contribution is 6.05. The highest BCUT2D eigenvalue weighted by Crippen LogP contribution is 2.40. The third-order valence-electron chi connectivity index (χ3n) is 6.18. The summed E-state index contributed by atoms with van der Waals surface area (Å²) in [6.45, 7) is 1.99. The highest BCUT2D eigenvalue weighted by Gasteiger charge is 2.24. The quantitative estimate of drug-likeness (QED) is 0.208. The van der Waals surface area contributed by atoms with Gasteiger partial charge in [-0.05, 0) is 48.6 Å². The van der Waals surface area contributed by atoms with E-state index in [1.54, 1.807) is 30.5 Å². The molecular formula is C27H38N2O6. The number of carbonyl (C=O) groups excluding carboxylic acids is 2. The standard InChI is InChI=1S/C27H38N2O6/c1-3-4-5-6-7-8-22(31)27(34)23(32)10-9-18-15-21(26(33)24(16-18)35-2)20(12-14-30)19-11-13-29-25(28)17-19/h11,13,15-17,20,27,30,33-34H,3-10,12,14H2,1-2H3,(H2,28,29). The van der Waals surface area contributed by atoms with Crippen molar-refractivity contribution in [2.75, 3.05) is 19.5 Å². The van der Waals surface area contributed by atoms with E-state index in [0.29, 0.717) is 29.8 Å². The lowest BCUT2D eigenvalue weighted by Gasteiger charge is -2.21. The van der Waals surface area contributed by atoms with Crippen LogP contribution in [-0.2, 0) is 16.0 Å². The molecule has 5 N–H and O–H groups in total. The molecule has 2 atom stereocenters. The van der Waals surface area contributed by atoms with Crippen LogP contribution in [0.3, 0.4) is 0 Å². The molecule has 8 heteroatoms. The minimum Gasteiger partial charge on any atom is -0.504 e. The van der Waals surface area contributed by atoms with Crippen LogP contribution in [0.15, 0.2) is 30.5 Å². The van der Waals surface area contributed by atoms with E-state index in [1.165, 1.54) is 7.11 Å². The van der Waals surface area contributed by atoms with E-state index in [4.69, 9.17) is 10.5 Å². The van der Waals surface area contributed by atoms with Crippen molar-refractivity contribution in [3.8, 4) is 11.5 Å². The topological polar surface area (TPSA) is 143 Å². The van der Waals surface area contributed by atoms with Gasteiger partial charge in [0.25, 0.3) is 0 Å². The van der Waals surface area contributed by atoms with Crippen molar-refractivity contribution in [1.29, 1.82) is 0 Å². The van der Waals surface area contributed by atoms with Gasteiger partial charge in [0.2, 0.25) is 0 Å². The Morgan fingerprint density at radius 2 is 1.80 bits per heavy atom. The summed E-state index contributed by atoms with van der Waals surface area (Å²) < 4.78 is 5.34. The Morgan fingerprint density at radius 1 is 1.09 bits per heavy atom. The Kier molecular flexibility index (Phi) is 11.7. The number of nitrogens with zero attached hydrogens (tertiary/aromatic N) is 1. The Labute approximate surface area is 207 Å². The number of ether oxygens (including phenoxy) is 1. The molecule has 192 valence electrons. The van der Waals surface area contributed by atoms with Crippen LogP contribution in [0.4, 0.5) is 5.82 Å². The van der Waals surface area contributed by atoms with Crippen LogP contribution in [0.2, 0.25) is 0 Å². The lowest BCUT2D eigenvalue weighted by molar-refractivity contribution is -0.138. The third-order valence-corrected chi connectivity index (χ3v) is 6.18. The minimum absolute atomic E-state index is 0.0248. The number of phenolic OH excluding ortho intramolecular Hbond substituents is 1. The molecule has 0 saturated carbocycles. The van der Waals surface area contributed by atoms with E-state index in [2.05, 4.69) is 11.9 Å². The maximum atomic E-state index is 12.5. The summed E-state index contributed by atoms with van der Waals surface area (Å²) in [6.07, 6.45) is 5.56. The molecule has 8 nitrogen and oxygen atoms in total. The number of methoxy groups -OCH3 is 1. The van der Waals surface area contributed by atoms with Gasteiger partial charge in [-0.25, -0.2) is 4.98 Å². The van der Waals surface area contributed by atoms with Gasteiger partial charge in [-0.2, -0.15) is 0 Å². The number of aromatic nitrogens is 1. The number of aromatic hydroxyl groups is 1. The summed E-state index contributed by atoms with van der Waals surface area (Å²) >= 11 is 0. The van der Waals surface area contributed by atoms with Gasteiger partial charge in [0.1, 0.15) is 5.82 Å². The Balaban J connectivity index is 2.14. The van der Waals surface area contributed by atoms with E-state index in [9.17, 15) is 24.9 Å². The molecule has 0 aliphatic carbocycles. The Hall–Kier alpha value is -2.97. The molecule has 0 radical (unpaired) electrons. The largest absolute Gasteiger partial charge is 0.504 e. The molecule has 2 unspecified atom stereocenters. The number of nitrogen functional groups attached to an aromatic ring is 1. The molecule has 0 spiro atoms. The number of aliphatic hydroxyl groups is 2. The number of anilines is 1. The molecule has 1 aromatic heterocycles. The molecule has 35 heavy (non-hydrogen) atoms. The molecule has 2 aromatic rings. The molecule has 2 rings (SSSR count). The molecule has 0 saturated heterocycles. The second-order valence-electron chi connectivity index (χ2n) is 8.81. The van der Waals surface area contributed by atoms with Crippen LogP contribution in [-0.4, -0.2) is 51.7 Å². The highest BCUT2D eigenvalue weighted by atomic mass is 16.5. The number of aryl methyl sites for hydroxylation is 1. The number of aliphatic hydroxyl groups excluding tert-OH is 2. The maximum Gasteiger partial charge on any atom is 0.170 e. The molecule has 1 aromatic carbocycles. The fourth-order valence-electron chi connectivity index (χ4n) is 4.19. The molecule has 0 aliphatic heterocycles. The first-order chi connectivity index (χ1) is 16.8. The summed E-state index contributed by atoms with van der Waals surface area (Å²) in [5, 5.41) is 30.6. The zero-order chi connectivity index (χ0) is 25.8. The van der Waals surface area contributed by atoms with Gasteiger partial charge in [0, 0.05) is 37.1 Å². The van der Waals surface area contributed by atoms with E-state index in [1.807, 2.05) is 0 Å². The summed E-state index contributed by atoms with van der Waals surface area (Å²) in [6, 6.07) is 6.84. The predicted molar refractivity (Wildman–Crippen MR) is 135 cm³/mol. The van der Waals surface area contributed by atoms with Gasteiger partial charge in [-0.1, -0.05) is 38.7 Å². The zero-order valence-electron chi connectivity index (χ0n) is 20.7. The number of unbranched alkanes of at least 4 members (excludes halogenated alkanes) is 4. The zero-order valence-corrected chi connectivity index (χ0v) is 20.7. The van der Waals surface area contributed by atoms with Crippen molar-refractivity contribution in [3.05, 3.63) is 47.2 Å². The number of pyridine rings is 1. The van der Waals surface area contributed by atoms with Gasteiger partial charge in [0.05, 0.1) is 7.11 Å². The summed E-state index contributed by atoms with van der Waals surface area (Å²) in [5.41, 5.74) is 7.83. The maximum absolute atomic E-state index is 12.5. The van der Waals surface area contributed by atoms with Gasteiger partial charge in [0.15, 0.2) is 29.2 Å². The van der Waals surface area contributed by atoms with Gasteiger partial charge < -0.3 is 25.8 Å². The number of hydrogen-bond acceptors (Lipinski definition) is 8. The molecular weight excluding hydrogens is 448 g/mol. The van der Waals surface area contributed by atoms with E-state index < -0.39 is 17.7 Å². The third kappa shape index (κ3) is 8.33. The molecule has 0 amide bonds. The van der Waals surface area contributed by atoms with Gasteiger partial charge in [-0.3, -0.25) is 9.59 Å². The fraction of sp³-hybridized carbons (Fsp3) is 0.519. The molecule has 0 fully saturated rings. The van der Waals surface area contributed by atoms with Crippen molar-refractivity contribution in [2.45, 2.75) is 76.7 Å². The lowest BCUT2D eigenvalue weighted by atomic mass is 9.86. The van der Waals surface area contributed by atoms with Crippen molar-refractivity contribution in [2.24, 2.45) is 0 Å². The monoisotopic (exact) mass is 486 g/mol. The van der Waals surface area contributed by atoms with Crippen LogP contribution in [0, 0.1) is 0 Å². The number of ketones is 2. The summed E-state index contributed by atoms with van der Waals surface area (Å²) in [7, 11) is 1.43. The van der Waals surface area contributed by atoms with Crippen LogP contribution < -0.4 is 10.5 Å². The van der Waals surface area contributed by atoms with Crippen LogP contribution in [0.1, 0.15) is 80.9 Å². The van der Waals surface area contributed by atoms with E-state index >= 15 is 0 Å². The van der Waals surface area contributed by atoms with Crippen molar-refractivity contribution in [3.63, 3.8) is 0 Å². The Morgan fingerprint density at radius 3 is 2.46 bits per heavy atom. The normalized spacial score (nSPS) is 12.8. The lowest BCUT2D eigenvalue weighted by Crippen LogP contribution is -2.30. The van der Waals surface area contributed by atoms with Crippen molar-refractivity contribution < 1.29 is 29.6 Å². The molecule has 1 heterocycles. The van der Waals surface area contributed by atoms with E-state index in [0.717, 1.165) is 31.2 Å². The smallest absolute Gasteiger partial charge is 0.170 e. The SMILES string of the molecule is CCCCCCCC(=O)C(O)C(=O)CCc1cc(OC)c(O)c(C(CCO)c2ccnc(N)c2)c1. The molecule has 0 aliphatic rings.